The number of rotatable bonds is 2. The smallest absolute Gasteiger partial charge is 0.224 e. The van der Waals surface area contributed by atoms with Crippen LogP contribution in [-0.2, 0) is 4.79 Å². The summed E-state index contributed by atoms with van der Waals surface area (Å²) in [4.78, 5) is 13.4. The summed E-state index contributed by atoms with van der Waals surface area (Å²) in [6.07, 6.45) is 0.334. The van der Waals surface area contributed by atoms with Crippen molar-refractivity contribution in [3.63, 3.8) is 0 Å². The average molecular weight is 218 g/mol. The van der Waals surface area contributed by atoms with E-state index in [9.17, 15) is 4.79 Å². The van der Waals surface area contributed by atoms with E-state index in [1.165, 1.54) is 0 Å². The molecule has 1 aliphatic rings. The van der Waals surface area contributed by atoms with Crippen LogP contribution in [0.1, 0.15) is 30.9 Å². The molecule has 0 aliphatic carbocycles. The maximum absolute atomic E-state index is 11.7. The fraction of sp³-hybridized carbons (Fsp3) is 0.500. The molecule has 1 aromatic heterocycles. The summed E-state index contributed by atoms with van der Waals surface area (Å²) in [5.74, 6) is 1.48. The monoisotopic (exact) mass is 218 g/mol. The molecule has 2 rings (SSSR count). The van der Waals surface area contributed by atoms with Gasteiger partial charge in [-0.3, -0.25) is 4.79 Å². The van der Waals surface area contributed by atoms with Crippen molar-refractivity contribution >= 4 is 5.91 Å². The fourth-order valence-corrected chi connectivity index (χ4v) is 2.02. The van der Waals surface area contributed by atoms with Gasteiger partial charge >= 0.3 is 0 Å². The Morgan fingerprint density at radius 1 is 1.62 bits per heavy atom. The van der Waals surface area contributed by atoms with Crippen LogP contribution >= 0.6 is 0 Å². The van der Waals surface area contributed by atoms with E-state index in [-0.39, 0.29) is 17.9 Å². The summed E-state index contributed by atoms with van der Waals surface area (Å²) < 4.78 is 5.50. The molecule has 0 radical (unpaired) electrons. The third-order valence-corrected chi connectivity index (χ3v) is 2.98. The van der Waals surface area contributed by atoms with Gasteiger partial charge in [-0.15, -0.1) is 0 Å². The highest BCUT2D eigenvalue weighted by Gasteiger charge is 2.34. The third-order valence-electron chi connectivity index (χ3n) is 2.98. The number of amides is 1. The van der Waals surface area contributed by atoms with Crippen LogP contribution in [0, 0.1) is 24.2 Å². The molecule has 84 valence electrons. The van der Waals surface area contributed by atoms with Crippen LogP contribution in [0.2, 0.25) is 0 Å². The first-order valence-corrected chi connectivity index (χ1v) is 5.37. The van der Waals surface area contributed by atoms with Gasteiger partial charge in [0.15, 0.2) is 0 Å². The van der Waals surface area contributed by atoms with E-state index in [1.54, 1.807) is 4.90 Å². The second kappa shape index (κ2) is 4.01. The zero-order chi connectivity index (χ0) is 11.7. The first-order valence-electron chi connectivity index (χ1n) is 5.37. The quantitative estimate of drug-likeness (QED) is 0.763. The van der Waals surface area contributed by atoms with Gasteiger partial charge in [0.25, 0.3) is 0 Å². The van der Waals surface area contributed by atoms with Gasteiger partial charge in [-0.05, 0) is 26.0 Å². The molecule has 2 unspecified atom stereocenters. The van der Waals surface area contributed by atoms with Gasteiger partial charge in [-0.2, -0.15) is 5.26 Å². The number of nitriles is 1. The molecular weight excluding hydrogens is 204 g/mol. The number of aryl methyl sites for hydroxylation is 1. The summed E-state index contributed by atoms with van der Waals surface area (Å²) in [5.41, 5.74) is 0. The minimum absolute atomic E-state index is 0.0353. The van der Waals surface area contributed by atoms with Crippen LogP contribution in [0.3, 0.4) is 0 Å². The molecule has 0 aromatic carbocycles. The molecule has 0 spiro atoms. The Morgan fingerprint density at radius 3 is 2.88 bits per heavy atom. The van der Waals surface area contributed by atoms with E-state index in [2.05, 4.69) is 6.07 Å². The van der Waals surface area contributed by atoms with Crippen molar-refractivity contribution in [1.82, 2.24) is 4.90 Å². The Balaban J connectivity index is 2.14. The lowest BCUT2D eigenvalue weighted by Crippen LogP contribution is -2.28. The summed E-state index contributed by atoms with van der Waals surface area (Å²) in [7, 11) is 0. The van der Waals surface area contributed by atoms with Crippen molar-refractivity contribution in [2.24, 2.45) is 5.92 Å². The fourth-order valence-electron chi connectivity index (χ4n) is 2.02. The van der Waals surface area contributed by atoms with Gasteiger partial charge in [-0.25, -0.2) is 0 Å². The van der Waals surface area contributed by atoms with Crippen LogP contribution < -0.4 is 0 Å². The lowest BCUT2D eigenvalue weighted by Gasteiger charge is -2.22. The van der Waals surface area contributed by atoms with E-state index in [0.717, 1.165) is 11.5 Å². The first kappa shape index (κ1) is 10.7. The molecule has 1 saturated heterocycles. The Hall–Kier alpha value is -1.76. The zero-order valence-electron chi connectivity index (χ0n) is 9.43. The first-order chi connectivity index (χ1) is 7.61. The van der Waals surface area contributed by atoms with Crippen LogP contribution in [0.15, 0.2) is 16.5 Å². The molecule has 2 heterocycles. The average Bonchev–Trinajstić information content (AvgIpc) is 2.83. The summed E-state index contributed by atoms with van der Waals surface area (Å²) in [6, 6.07) is 5.82. The molecule has 1 aromatic rings. The Kier molecular flexibility index (Phi) is 2.69. The maximum Gasteiger partial charge on any atom is 0.224 e. The van der Waals surface area contributed by atoms with E-state index >= 15 is 0 Å². The van der Waals surface area contributed by atoms with Gasteiger partial charge in [0.2, 0.25) is 5.91 Å². The molecule has 0 bridgehead atoms. The van der Waals surface area contributed by atoms with Crippen molar-refractivity contribution in [3.8, 4) is 6.07 Å². The molecule has 4 heteroatoms. The SMILES string of the molecule is Cc1ccc(C(C)N2CC(C#N)CC2=O)o1. The van der Waals surface area contributed by atoms with E-state index < -0.39 is 0 Å². The predicted molar refractivity (Wildman–Crippen MR) is 57.3 cm³/mol. The maximum atomic E-state index is 11.7. The van der Waals surface area contributed by atoms with Crippen LogP contribution in [0.4, 0.5) is 0 Å². The largest absolute Gasteiger partial charge is 0.464 e. The summed E-state index contributed by atoms with van der Waals surface area (Å²) in [6.45, 7) is 4.31. The Bertz CT molecular complexity index is 444. The topological polar surface area (TPSA) is 57.2 Å². The Morgan fingerprint density at radius 2 is 2.38 bits per heavy atom. The van der Waals surface area contributed by atoms with E-state index in [0.29, 0.717) is 13.0 Å². The standard InChI is InChI=1S/C12H14N2O2/c1-8-3-4-11(16-8)9(2)14-7-10(6-13)5-12(14)15/h3-4,9-10H,5,7H2,1-2H3. The van der Waals surface area contributed by atoms with Gasteiger partial charge in [0.1, 0.15) is 11.5 Å². The highest BCUT2D eigenvalue weighted by molar-refractivity contribution is 5.79. The molecule has 1 aliphatic heterocycles. The van der Waals surface area contributed by atoms with Crippen LogP contribution in [0.25, 0.3) is 0 Å². The van der Waals surface area contributed by atoms with Gasteiger partial charge in [-0.1, -0.05) is 0 Å². The predicted octanol–water partition coefficient (Wildman–Crippen LogP) is 2.02. The molecule has 16 heavy (non-hydrogen) atoms. The van der Waals surface area contributed by atoms with Crippen molar-refractivity contribution in [2.45, 2.75) is 26.3 Å². The minimum Gasteiger partial charge on any atom is -0.464 e. The van der Waals surface area contributed by atoms with Crippen LogP contribution in [-0.4, -0.2) is 17.4 Å². The van der Waals surface area contributed by atoms with Crippen molar-refractivity contribution in [3.05, 3.63) is 23.7 Å². The molecule has 0 saturated carbocycles. The molecule has 1 fully saturated rings. The molecule has 2 atom stereocenters. The van der Waals surface area contributed by atoms with Gasteiger partial charge in [0.05, 0.1) is 18.0 Å². The molecule has 4 nitrogen and oxygen atoms in total. The number of carbonyl (C=O) groups is 1. The number of nitrogens with zero attached hydrogens (tertiary/aromatic N) is 2. The van der Waals surface area contributed by atoms with Gasteiger partial charge in [0, 0.05) is 13.0 Å². The number of furan rings is 1. The number of likely N-dealkylation sites (tertiary alicyclic amines) is 1. The second-order valence-electron chi connectivity index (χ2n) is 4.20. The number of hydrogen-bond donors (Lipinski definition) is 0. The zero-order valence-corrected chi connectivity index (χ0v) is 9.43. The van der Waals surface area contributed by atoms with Crippen molar-refractivity contribution < 1.29 is 9.21 Å². The highest BCUT2D eigenvalue weighted by Crippen LogP contribution is 2.28. The normalized spacial score (nSPS) is 22.2. The second-order valence-corrected chi connectivity index (χ2v) is 4.20. The lowest BCUT2D eigenvalue weighted by atomic mass is 10.1. The minimum atomic E-state index is -0.175. The number of hydrogen-bond acceptors (Lipinski definition) is 3. The summed E-state index contributed by atoms with van der Waals surface area (Å²) in [5, 5.41) is 8.81. The van der Waals surface area contributed by atoms with Gasteiger partial charge < -0.3 is 9.32 Å². The van der Waals surface area contributed by atoms with E-state index in [4.69, 9.17) is 9.68 Å². The van der Waals surface area contributed by atoms with Crippen LogP contribution in [0.5, 0.6) is 0 Å². The molecule has 1 amide bonds. The third kappa shape index (κ3) is 1.81. The molecular formula is C12H14N2O2. The highest BCUT2D eigenvalue weighted by atomic mass is 16.3. The van der Waals surface area contributed by atoms with Crippen molar-refractivity contribution in [2.75, 3.05) is 6.54 Å². The lowest BCUT2D eigenvalue weighted by molar-refractivity contribution is -0.129. The molecule has 0 N–H and O–H groups in total. The Labute approximate surface area is 94.5 Å². The summed E-state index contributed by atoms with van der Waals surface area (Å²) >= 11 is 0. The van der Waals surface area contributed by atoms with E-state index in [1.807, 2.05) is 26.0 Å². The number of carbonyl (C=O) groups excluding carboxylic acids is 1. The van der Waals surface area contributed by atoms with Crippen molar-refractivity contribution in [1.29, 1.82) is 5.26 Å².